The molecule has 0 N–H and O–H groups in total. The van der Waals surface area contributed by atoms with Gasteiger partial charge in [0.05, 0.1) is 4.90 Å². The number of hydrogen-bond acceptors (Lipinski definition) is 7. The van der Waals surface area contributed by atoms with Gasteiger partial charge in [0.1, 0.15) is 16.2 Å². The van der Waals surface area contributed by atoms with Gasteiger partial charge in [-0.1, -0.05) is 13.8 Å². The molecule has 3 aromatic rings. The van der Waals surface area contributed by atoms with E-state index in [4.69, 9.17) is 8.60 Å². The molecule has 3 rings (SSSR count). The van der Waals surface area contributed by atoms with Crippen LogP contribution in [-0.4, -0.2) is 23.1 Å². The summed E-state index contributed by atoms with van der Waals surface area (Å²) in [6.07, 6.45) is 1.03. The fourth-order valence-electron chi connectivity index (χ4n) is 2.73. The summed E-state index contributed by atoms with van der Waals surface area (Å²) in [6, 6.07) is 10.5. The molecule has 1 aromatic heterocycles. The van der Waals surface area contributed by atoms with Gasteiger partial charge in [0, 0.05) is 23.8 Å². The maximum absolute atomic E-state index is 12.5. The van der Waals surface area contributed by atoms with Crippen LogP contribution >= 0.6 is 0 Å². The van der Waals surface area contributed by atoms with Crippen LogP contribution in [0.1, 0.15) is 25.3 Å². The molecule has 7 nitrogen and oxygen atoms in total. The van der Waals surface area contributed by atoms with E-state index in [0.717, 1.165) is 24.0 Å². The molecule has 0 aliphatic rings. The molecule has 1 heterocycles. The fraction of sp³-hybridized carbons (Fsp3) is 0.211. The molecule has 0 aliphatic heterocycles. The van der Waals surface area contributed by atoms with E-state index < -0.39 is 25.6 Å². The van der Waals surface area contributed by atoms with E-state index in [-0.39, 0.29) is 27.0 Å². The highest BCUT2D eigenvalue weighted by Crippen LogP contribution is 2.28. The predicted molar refractivity (Wildman–Crippen MR) is 104 cm³/mol. The maximum Gasteiger partial charge on any atom is 0.339 e. The van der Waals surface area contributed by atoms with Crippen LogP contribution in [0.3, 0.4) is 0 Å². The summed E-state index contributed by atoms with van der Waals surface area (Å²) < 4.78 is 58.2. The summed E-state index contributed by atoms with van der Waals surface area (Å²) in [4.78, 5) is 11.6. The largest absolute Gasteiger partial charge is 0.423 e. The van der Waals surface area contributed by atoms with E-state index in [9.17, 15) is 21.6 Å². The molecule has 0 saturated carbocycles. The van der Waals surface area contributed by atoms with E-state index in [1.165, 1.54) is 30.3 Å². The van der Waals surface area contributed by atoms with Crippen LogP contribution < -0.4 is 9.81 Å². The Morgan fingerprint density at radius 1 is 0.893 bits per heavy atom. The van der Waals surface area contributed by atoms with E-state index in [2.05, 4.69) is 0 Å². The van der Waals surface area contributed by atoms with Crippen molar-refractivity contribution in [3.8, 4) is 5.75 Å². The zero-order chi connectivity index (χ0) is 20.7. The molecule has 0 aliphatic carbocycles. The lowest BCUT2D eigenvalue weighted by atomic mass is 10.00. The maximum atomic E-state index is 12.5. The summed E-state index contributed by atoms with van der Waals surface area (Å²) in [5.41, 5.74) is 0.473. The summed E-state index contributed by atoms with van der Waals surface area (Å²) in [6.45, 7) is 3.87. The Bertz CT molecular complexity index is 1300. The Labute approximate surface area is 162 Å². The molecule has 0 atom stereocenters. The smallest absolute Gasteiger partial charge is 0.339 e. The monoisotopic (exact) mass is 422 g/mol. The second-order valence-corrected chi connectivity index (χ2v) is 10.2. The topological polar surface area (TPSA) is 108 Å². The van der Waals surface area contributed by atoms with Gasteiger partial charge in [-0.3, -0.25) is 0 Å². The Morgan fingerprint density at radius 3 is 2.07 bits per heavy atom. The Kier molecular flexibility index (Phi) is 5.07. The standard InChI is InChI=1S/C19H18O7S2/c1-12(2)17-11-19(20)25-18-10-13(4-9-16(17)18)26-28(23,24)15-7-5-14(6-8-15)27(3,21)22/h4-12H,1-3H3. The van der Waals surface area contributed by atoms with Crippen LogP contribution in [0.4, 0.5) is 0 Å². The SMILES string of the molecule is CC(C)c1cc(=O)oc2cc(OS(=O)(=O)c3ccc(S(C)(=O)=O)cc3)ccc12. The van der Waals surface area contributed by atoms with Crippen LogP contribution in [0, 0.1) is 0 Å². The predicted octanol–water partition coefficient (Wildman–Crippen LogP) is 3.09. The fourth-order valence-corrected chi connectivity index (χ4v) is 4.28. The lowest BCUT2D eigenvalue weighted by Gasteiger charge is -2.11. The minimum Gasteiger partial charge on any atom is -0.423 e. The van der Waals surface area contributed by atoms with Crippen LogP contribution in [0.25, 0.3) is 11.0 Å². The summed E-state index contributed by atoms with van der Waals surface area (Å²) in [5, 5.41) is 0.692. The van der Waals surface area contributed by atoms with Crippen molar-refractivity contribution in [3.63, 3.8) is 0 Å². The van der Waals surface area contributed by atoms with Crippen molar-refractivity contribution in [3.05, 3.63) is 64.5 Å². The normalized spacial score (nSPS) is 12.4. The molecule has 0 amide bonds. The number of fused-ring (bicyclic) bond motifs is 1. The van der Waals surface area contributed by atoms with Crippen molar-refractivity contribution < 1.29 is 25.4 Å². The van der Waals surface area contributed by atoms with Crippen molar-refractivity contribution in [2.24, 2.45) is 0 Å². The highest BCUT2D eigenvalue weighted by atomic mass is 32.2. The minimum absolute atomic E-state index is 0.000134. The van der Waals surface area contributed by atoms with E-state index in [0.29, 0.717) is 5.39 Å². The molecule has 28 heavy (non-hydrogen) atoms. The third-order valence-corrected chi connectivity index (χ3v) is 6.51. The van der Waals surface area contributed by atoms with Crippen LogP contribution in [0.2, 0.25) is 0 Å². The van der Waals surface area contributed by atoms with Crippen molar-refractivity contribution >= 4 is 30.9 Å². The lowest BCUT2D eigenvalue weighted by Crippen LogP contribution is -2.10. The van der Waals surface area contributed by atoms with E-state index in [1.54, 1.807) is 6.07 Å². The molecule has 0 bridgehead atoms. The van der Waals surface area contributed by atoms with Gasteiger partial charge in [-0.05, 0) is 47.9 Å². The summed E-state index contributed by atoms with van der Waals surface area (Å²) in [5.74, 6) is 0.0548. The van der Waals surface area contributed by atoms with Gasteiger partial charge in [-0.15, -0.1) is 0 Å². The average molecular weight is 422 g/mol. The Hall–Kier alpha value is -2.65. The highest BCUT2D eigenvalue weighted by Gasteiger charge is 2.19. The highest BCUT2D eigenvalue weighted by molar-refractivity contribution is 7.90. The molecule has 0 fully saturated rings. The first kappa shape index (κ1) is 20.1. The van der Waals surface area contributed by atoms with Crippen molar-refractivity contribution in [1.29, 1.82) is 0 Å². The van der Waals surface area contributed by atoms with Gasteiger partial charge in [-0.25, -0.2) is 13.2 Å². The van der Waals surface area contributed by atoms with Crippen LogP contribution in [-0.2, 0) is 20.0 Å². The number of rotatable bonds is 5. The lowest BCUT2D eigenvalue weighted by molar-refractivity contribution is 0.485. The quantitative estimate of drug-likeness (QED) is 0.459. The second kappa shape index (κ2) is 7.06. The summed E-state index contributed by atoms with van der Waals surface area (Å²) >= 11 is 0. The van der Waals surface area contributed by atoms with Gasteiger partial charge in [-0.2, -0.15) is 8.42 Å². The van der Waals surface area contributed by atoms with Gasteiger partial charge in [0.2, 0.25) is 0 Å². The zero-order valence-electron chi connectivity index (χ0n) is 15.4. The molecule has 0 saturated heterocycles. The number of hydrogen-bond donors (Lipinski definition) is 0. The Morgan fingerprint density at radius 2 is 1.50 bits per heavy atom. The van der Waals surface area contributed by atoms with Crippen LogP contribution in [0.15, 0.2) is 67.5 Å². The molecule has 2 aromatic carbocycles. The molecule has 0 spiro atoms. The molecular weight excluding hydrogens is 404 g/mol. The first-order chi connectivity index (χ1) is 13.0. The van der Waals surface area contributed by atoms with Gasteiger partial charge < -0.3 is 8.60 Å². The molecule has 148 valence electrons. The van der Waals surface area contributed by atoms with E-state index >= 15 is 0 Å². The number of sulfone groups is 1. The third-order valence-electron chi connectivity index (χ3n) is 4.12. The van der Waals surface area contributed by atoms with Crippen LogP contribution in [0.5, 0.6) is 5.75 Å². The van der Waals surface area contributed by atoms with Gasteiger partial charge in [0.25, 0.3) is 0 Å². The summed E-state index contributed by atoms with van der Waals surface area (Å²) in [7, 11) is -7.64. The second-order valence-electron chi connectivity index (χ2n) is 6.61. The zero-order valence-corrected chi connectivity index (χ0v) is 17.0. The molecule has 0 radical (unpaired) electrons. The van der Waals surface area contributed by atoms with Crippen molar-refractivity contribution in [1.82, 2.24) is 0 Å². The Balaban J connectivity index is 1.98. The van der Waals surface area contributed by atoms with Gasteiger partial charge in [0.15, 0.2) is 9.84 Å². The first-order valence-corrected chi connectivity index (χ1v) is 11.6. The molecule has 0 unspecified atom stereocenters. The number of benzene rings is 2. The average Bonchev–Trinajstić information content (AvgIpc) is 2.59. The van der Waals surface area contributed by atoms with Crippen molar-refractivity contribution in [2.45, 2.75) is 29.6 Å². The first-order valence-electron chi connectivity index (χ1n) is 8.30. The molecule has 9 heteroatoms. The minimum atomic E-state index is -4.20. The third kappa shape index (κ3) is 4.10. The van der Waals surface area contributed by atoms with Crippen molar-refractivity contribution in [2.75, 3.05) is 6.26 Å². The van der Waals surface area contributed by atoms with E-state index in [1.807, 2.05) is 13.8 Å². The molecular formula is C19H18O7S2. The van der Waals surface area contributed by atoms with Gasteiger partial charge >= 0.3 is 15.7 Å².